The largest absolute Gasteiger partial charge is 0.330 e. The Labute approximate surface area is 89.9 Å². The number of carbonyl (C=O) groups is 2. The van der Waals surface area contributed by atoms with E-state index in [9.17, 15) is 9.59 Å². The number of carbonyl (C=O) groups excluding carboxylic acids is 2. The SMILES string of the molecule is CC1=C2C(=O)CCCC2(C)CCC(=O)N1. The molecule has 1 fully saturated rings. The fraction of sp³-hybridized carbons (Fsp3) is 0.667. The highest BCUT2D eigenvalue weighted by Crippen LogP contribution is 2.44. The van der Waals surface area contributed by atoms with E-state index in [1.165, 1.54) is 0 Å². The van der Waals surface area contributed by atoms with Crippen LogP contribution in [0.3, 0.4) is 0 Å². The van der Waals surface area contributed by atoms with Gasteiger partial charge in [-0.15, -0.1) is 0 Å². The van der Waals surface area contributed by atoms with E-state index in [0.717, 1.165) is 30.5 Å². The minimum atomic E-state index is -0.0709. The molecule has 1 amide bonds. The van der Waals surface area contributed by atoms with E-state index in [0.29, 0.717) is 12.8 Å². The summed E-state index contributed by atoms with van der Waals surface area (Å²) in [5.74, 6) is 0.270. The second-order valence-electron chi connectivity index (χ2n) is 4.89. The first-order chi connectivity index (χ1) is 7.03. The third kappa shape index (κ3) is 1.71. The second kappa shape index (κ2) is 3.47. The highest BCUT2D eigenvalue weighted by molar-refractivity contribution is 5.99. The van der Waals surface area contributed by atoms with Gasteiger partial charge in [-0.25, -0.2) is 0 Å². The van der Waals surface area contributed by atoms with Gasteiger partial charge in [0.1, 0.15) is 0 Å². The molecular weight excluding hydrogens is 190 g/mol. The minimum absolute atomic E-state index is 0.0448. The van der Waals surface area contributed by atoms with Crippen molar-refractivity contribution in [3.8, 4) is 0 Å². The average molecular weight is 207 g/mol. The maximum absolute atomic E-state index is 11.9. The van der Waals surface area contributed by atoms with Gasteiger partial charge in [-0.2, -0.15) is 0 Å². The Morgan fingerprint density at radius 3 is 2.67 bits per heavy atom. The van der Waals surface area contributed by atoms with Crippen LogP contribution in [0.5, 0.6) is 0 Å². The van der Waals surface area contributed by atoms with Crippen LogP contribution in [0.1, 0.15) is 46.0 Å². The van der Waals surface area contributed by atoms with Crippen molar-refractivity contribution < 1.29 is 9.59 Å². The molecule has 3 heteroatoms. The average Bonchev–Trinajstić information content (AvgIpc) is 2.24. The number of allylic oxidation sites excluding steroid dienone is 2. The molecule has 1 aliphatic heterocycles. The Morgan fingerprint density at radius 2 is 1.93 bits per heavy atom. The summed E-state index contributed by atoms with van der Waals surface area (Å²) in [7, 11) is 0. The summed E-state index contributed by atoms with van der Waals surface area (Å²) in [6.07, 6.45) is 3.96. The van der Waals surface area contributed by atoms with Crippen molar-refractivity contribution in [3.63, 3.8) is 0 Å². The first-order valence-corrected chi connectivity index (χ1v) is 5.57. The summed E-state index contributed by atoms with van der Waals surface area (Å²) in [6.45, 7) is 3.96. The lowest BCUT2D eigenvalue weighted by Crippen LogP contribution is -2.30. The predicted octanol–water partition coefficient (Wildman–Crippen LogP) is 1.93. The Kier molecular flexibility index (Phi) is 2.41. The van der Waals surface area contributed by atoms with Crippen LogP contribution in [-0.2, 0) is 9.59 Å². The molecule has 1 heterocycles. The smallest absolute Gasteiger partial charge is 0.224 e. The Hall–Kier alpha value is -1.12. The van der Waals surface area contributed by atoms with Crippen LogP contribution in [-0.4, -0.2) is 11.7 Å². The molecule has 2 aliphatic rings. The number of amides is 1. The molecule has 0 aromatic carbocycles. The van der Waals surface area contributed by atoms with Crippen LogP contribution >= 0.6 is 0 Å². The van der Waals surface area contributed by atoms with Crippen LogP contribution in [0.15, 0.2) is 11.3 Å². The lowest BCUT2D eigenvalue weighted by molar-refractivity contribution is -0.121. The van der Waals surface area contributed by atoms with Gasteiger partial charge in [-0.05, 0) is 31.6 Å². The van der Waals surface area contributed by atoms with Crippen molar-refractivity contribution in [1.29, 1.82) is 0 Å². The number of nitrogens with one attached hydrogen (secondary N) is 1. The van der Waals surface area contributed by atoms with Crippen molar-refractivity contribution >= 4 is 11.7 Å². The number of ketones is 1. The zero-order chi connectivity index (χ0) is 11.1. The lowest BCUT2D eigenvalue weighted by atomic mass is 9.68. The number of Topliss-reactive ketones (excluding diaryl/α,β-unsaturated/α-hetero) is 1. The summed E-state index contributed by atoms with van der Waals surface area (Å²) >= 11 is 0. The summed E-state index contributed by atoms with van der Waals surface area (Å²) in [4.78, 5) is 23.3. The molecule has 0 aromatic rings. The van der Waals surface area contributed by atoms with Gasteiger partial charge >= 0.3 is 0 Å². The van der Waals surface area contributed by atoms with E-state index in [1.54, 1.807) is 0 Å². The molecule has 0 bridgehead atoms. The highest BCUT2D eigenvalue weighted by Gasteiger charge is 2.39. The lowest BCUT2D eigenvalue weighted by Gasteiger charge is -2.34. The van der Waals surface area contributed by atoms with Gasteiger partial charge in [0.15, 0.2) is 5.78 Å². The monoisotopic (exact) mass is 207 g/mol. The molecule has 82 valence electrons. The third-order valence-corrected chi connectivity index (χ3v) is 3.62. The van der Waals surface area contributed by atoms with Gasteiger partial charge in [0.25, 0.3) is 0 Å². The molecule has 3 nitrogen and oxygen atoms in total. The van der Waals surface area contributed by atoms with Crippen molar-refractivity contribution in [3.05, 3.63) is 11.3 Å². The third-order valence-electron chi connectivity index (χ3n) is 3.62. The fourth-order valence-corrected chi connectivity index (χ4v) is 2.86. The number of rotatable bonds is 0. The van der Waals surface area contributed by atoms with Crippen molar-refractivity contribution in [2.75, 3.05) is 0 Å². The summed E-state index contributed by atoms with van der Waals surface area (Å²) in [5, 5.41) is 2.82. The first kappa shape index (κ1) is 10.4. The Balaban J connectivity index is 2.46. The maximum atomic E-state index is 11.9. The normalized spacial score (nSPS) is 32.1. The van der Waals surface area contributed by atoms with Crippen LogP contribution < -0.4 is 5.32 Å². The fourth-order valence-electron chi connectivity index (χ4n) is 2.86. The van der Waals surface area contributed by atoms with E-state index in [4.69, 9.17) is 0 Å². The summed E-state index contributed by atoms with van der Waals surface area (Å²) < 4.78 is 0. The molecule has 0 radical (unpaired) electrons. The molecule has 0 saturated heterocycles. The molecule has 15 heavy (non-hydrogen) atoms. The zero-order valence-corrected chi connectivity index (χ0v) is 9.35. The molecule has 1 atom stereocenters. The standard InChI is InChI=1S/C12H17NO2/c1-8-11-9(14)4-3-6-12(11,2)7-5-10(15)13-8/h3-7H2,1-2H3,(H,13,15). The van der Waals surface area contributed by atoms with Gasteiger partial charge in [-0.1, -0.05) is 6.92 Å². The van der Waals surface area contributed by atoms with E-state index >= 15 is 0 Å². The molecule has 1 saturated carbocycles. The Bertz CT molecular complexity index is 357. The van der Waals surface area contributed by atoms with Crippen molar-refractivity contribution in [2.45, 2.75) is 46.0 Å². The molecule has 2 rings (SSSR count). The molecule has 1 aliphatic carbocycles. The topological polar surface area (TPSA) is 46.2 Å². The molecule has 0 aromatic heterocycles. The van der Waals surface area contributed by atoms with E-state index in [1.807, 2.05) is 6.92 Å². The van der Waals surface area contributed by atoms with Crippen LogP contribution in [0.4, 0.5) is 0 Å². The van der Waals surface area contributed by atoms with Gasteiger partial charge in [-0.3, -0.25) is 9.59 Å². The van der Waals surface area contributed by atoms with Crippen LogP contribution in [0.2, 0.25) is 0 Å². The second-order valence-corrected chi connectivity index (χ2v) is 4.89. The first-order valence-electron chi connectivity index (χ1n) is 5.57. The minimum Gasteiger partial charge on any atom is -0.330 e. The van der Waals surface area contributed by atoms with Gasteiger partial charge in [0.2, 0.25) is 5.91 Å². The number of fused-ring (bicyclic) bond motifs is 1. The summed E-state index contributed by atoms with van der Waals surface area (Å²) in [6, 6.07) is 0. The maximum Gasteiger partial charge on any atom is 0.224 e. The summed E-state index contributed by atoms with van der Waals surface area (Å²) in [5.41, 5.74) is 1.59. The van der Waals surface area contributed by atoms with E-state index < -0.39 is 0 Å². The molecular formula is C12H17NO2. The number of hydrogen-bond acceptors (Lipinski definition) is 2. The van der Waals surface area contributed by atoms with Gasteiger partial charge in [0, 0.05) is 24.1 Å². The molecule has 1 unspecified atom stereocenters. The Morgan fingerprint density at radius 1 is 1.20 bits per heavy atom. The van der Waals surface area contributed by atoms with E-state index in [2.05, 4.69) is 12.2 Å². The van der Waals surface area contributed by atoms with Crippen LogP contribution in [0.25, 0.3) is 0 Å². The zero-order valence-electron chi connectivity index (χ0n) is 9.35. The van der Waals surface area contributed by atoms with Crippen molar-refractivity contribution in [2.24, 2.45) is 5.41 Å². The van der Waals surface area contributed by atoms with Crippen molar-refractivity contribution in [1.82, 2.24) is 5.32 Å². The number of hydrogen-bond donors (Lipinski definition) is 1. The highest BCUT2D eigenvalue weighted by atomic mass is 16.1. The molecule has 1 N–H and O–H groups in total. The van der Waals surface area contributed by atoms with E-state index in [-0.39, 0.29) is 17.1 Å². The van der Waals surface area contributed by atoms with Gasteiger partial charge in [0.05, 0.1) is 0 Å². The quantitative estimate of drug-likeness (QED) is 0.659. The van der Waals surface area contributed by atoms with Crippen LogP contribution in [0, 0.1) is 5.41 Å². The van der Waals surface area contributed by atoms with Gasteiger partial charge < -0.3 is 5.32 Å². The predicted molar refractivity (Wildman–Crippen MR) is 57.0 cm³/mol. The molecule has 0 spiro atoms.